The summed E-state index contributed by atoms with van der Waals surface area (Å²) in [6, 6.07) is 17.3. The van der Waals surface area contributed by atoms with Crippen molar-refractivity contribution in [2.24, 2.45) is 0 Å². The first-order valence-corrected chi connectivity index (χ1v) is 8.74. The summed E-state index contributed by atoms with van der Waals surface area (Å²) in [6.07, 6.45) is 0. The zero-order chi connectivity index (χ0) is 20.8. The first-order chi connectivity index (χ1) is 13.9. The maximum Gasteiger partial charge on any atom is 0.344 e. The van der Waals surface area contributed by atoms with Gasteiger partial charge in [-0.1, -0.05) is 30.3 Å². The molecule has 0 spiro atoms. The van der Waals surface area contributed by atoms with Crippen LogP contribution in [-0.4, -0.2) is 30.0 Å². The average molecular weight is 394 g/mol. The van der Waals surface area contributed by atoms with E-state index in [1.807, 2.05) is 36.4 Å². The lowest BCUT2D eigenvalue weighted by atomic mass is 10.1. The van der Waals surface area contributed by atoms with Crippen LogP contribution in [0.1, 0.15) is 5.56 Å². The number of fused-ring (bicyclic) bond motifs is 1. The normalized spacial score (nSPS) is 10.4. The van der Waals surface area contributed by atoms with E-state index in [4.69, 9.17) is 9.47 Å². The van der Waals surface area contributed by atoms with Crippen LogP contribution >= 0.6 is 0 Å². The van der Waals surface area contributed by atoms with E-state index in [9.17, 15) is 19.7 Å². The van der Waals surface area contributed by atoms with E-state index >= 15 is 0 Å². The third kappa shape index (κ3) is 5.29. The van der Waals surface area contributed by atoms with Crippen LogP contribution in [0.15, 0.2) is 60.7 Å². The van der Waals surface area contributed by atoms with Crippen molar-refractivity contribution in [1.82, 2.24) is 0 Å². The Labute approximate surface area is 166 Å². The number of hydrogen-bond donors (Lipinski definition) is 1. The lowest BCUT2D eigenvalue weighted by Gasteiger charge is -2.10. The predicted molar refractivity (Wildman–Crippen MR) is 107 cm³/mol. The van der Waals surface area contributed by atoms with Crippen LogP contribution in [-0.2, 0) is 14.3 Å². The van der Waals surface area contributed by atoms with Crippen molar-refractivity contribution < 1.29 is 24.0 Å². The van der Waals surface area contributed by atoms with Gasteiger partial charge in [-0.05, 0) is 41.5 Å². The molecule has 0 unspecified atom stereocenters. The number of esters is 1. The Kier molecular flexibility index (Phi) is 6.03. The van der Waals surface area contributed by atoms with Gasteiger partial charge in [-0.15, -0.1) is 0 Å². The number of benzene rings is 3. The highest BCUT2D eigenvalue weighted by atomic mass is 16.6. The van der Waals surface area contributed by atoms with E-state index in [-0.39, 0.29) is 12.3 Å². The van der Waals surface area contributed by atoms with Gasteiger partial charge >= 0.3 is 5.97 Å². The van der Waals surface area contributed by atoms with Crippen molar-refractivity contribution in [3.63, 3.8) is 0 Å². The van der Waals surface area contributed by atoms with E-state index in [2.05, 4.69) is 5.32 Å². The Hall–Kier alpha value is -3.94. The number of carbonyl (C=O) groups excluding carboxylic acids is 2. The molecule has 3 aromatic rings. The number of amides is 1. The molecule has 0 bridgehead atoms. The molecule has 0 fully saturated rings. The predicted octanol–water partition coefficient (Wildman–Crippen LogP) is 3.62. The van der Waals surface area contributed by atoms with Crippen molar-refractivity contribution in [2.75, 3.05) is 18.5 Å². The number of nitro groups is 1. The Bertz CT molecular complexity index is 1080. The fourth-order valence-electron chi connectivity index (χ4n) is 2.68. The van der Waals surface area contributed by atoms with Crippen LogP contribution < -0.4 is 10.1 Å². The minimum absolute atomic E-state index is 0.0715. The molecule has 0 aliphatic carbocycles. The molecular formula is C21H18N2O6. The van der Waals surface area contributed by atoms with E-state index < -0.39 is 23.4 Å². The van der Waals surface area contributed by atoms with E-state index in [1.54, 1.807) is 13.0 Å². The fourth-order valence-corrected chi connectivity index (χ4v) is 2.68. The zero-order valence-corrected chi connectivity index (χ0v) is 15.6. The topological polar surface area (TPSA) is 108 Å². The highest BCUT2D eigenvalue weighted by molar-refractivity contribution is 5.93. The third-order valence-corrected chi connectivity index (χ3v) is 4.14. The third-order valence-electron chi connectivity index (χ3n) is 4.14. The zero-order valence-electron chi connectivity index (χ0n) is 15.6. The second kappa shape index (κ2) is 8.83. The highest BCUT2D eigenvalue weighted by Crippen LogP contribution is 2.21. The van der Waals surface area contributed by atoms with Gasteiger partial charge in [0.2, 0.25) is 0 Å². The lowest BCUT2D eigenvalue weighted by Crippen LogP contribution is -2.24. The van der Waals surface area contributed by atoms with Gasteiger partial charge in [-0.25, -0.2) is 4.79 Å². The van der Waals surface area contributed by atoms with Crippen molar-refractivity contribution in [3.05, 3.63) is 76.3 Å². The molecule has 8 nitrogen and oxygen atoms in total. The molecule has 3 aromatic carbocycles. The maximum atomic E-state index is 11.9. The molecule has 0 aliphatic heterocycles. The van der Waals surface area contributed by atoms with Crippen molar-refractivity contribution in [1.29, 1.82) is 0 Å². The second-order valence-corrected chi connectivity index (χ2v) is 6.26. The molecule has 29 heavy (non-hydrogen) atoms. The summed E-state index contributed by atoms with van der Waals surface area (Å²) < 4.78 is 10.3. The summed E-state index contributed by atoms with van der Waals surface area (Å²) in [4.78, 5) is 34.0. The summed E-state index contributed by atoms with van der Waals surface area (Å²) in [6.45, 7) is 0.810. The number of aryl methyl sites for hydroxylation is 1. The number of nitrogens with zero attached hydrogens (tertiary/aromatic N) is 1. The van der Waals surface area contributed by atoms with Crippen LogP contribution in [0.5, 0.6) is 5.75 Å². The number of carbonyl (C=O) groups is 2. The van der Waals surface area contributed by atoms with Crippen LogP contribution in [0, 0.1) is 17.0 Å². The Morgan fingerprint density at radius 1 is 1.00 bits per heavy atom. The van der Waals surface area contributed by atoms with Crippen molar-refractivity contribution in [3.8, 4) is 5.75 Å². The van der Waals surface area contributed by atoms with Crippen molar-refractivity contribution >= 4 is 34.0 Å². The van der Waals surface area contributed by atoms with E-state index in [0.29, 0.717) is 17.0 Å². The molecule has 0 atom stereocenters. The van der Waals surface area contributed by atoms with Gasteiger partial charge in [-0.3, -0.25) is 14.9 Å². The Balaban J connectivity index is 1.47. The molecule has 0 heterocycles. The molecule has 1 amide bonds. The molecule has 1 N–H and O–H groups in total. The molecule has 8 heteroatoms. The molecule has 148 valence electrons. The van der Waals surface area contributed by atoms with Crippen LogP contribution in [0.25, 0.3) is 10.8 Å². The maximum absolute atomic E-state index is 11.9. The summed E-state index contributed by atoms with van der Waals surface area (Å²) in [5, 5.41) is 15.3. The largest absolute Gasteiger partial charge is 0.482 e. The lowest BCUT2D eigenvalue weighted by molar-refractivity contribution is -0.384. The van der Waals surface area contributed by atoms with Crippen molar-refractivity contribution in [2.45, 2.75) is 6.92 Å². The molecule has 0 aliphatic rings. The molecule has 0 aromatic heterocycles. The van der Waals surface area contributed by atoms with E-state index in [0.717, 1.165) is 10.8 Å². The standard InChI is InChI=1S/C21H18N2O6/c1-14-10-17(23(26)27)7-9-19(14)22-20(24)12-29-21(25)13-28-18-8-6-15-4-2-3-5-16(15)11-18/h2-11H,12-13H2,1H3,(H,22,24). The number of nitrogens with one attached hydrogen (secondary N) is 1. The molecule has 0 saturated heterocycles. The molecular weight excluding hydrogens is 376 g/mol. The van der Waals surface area contributed by atoms with Crippen LogP contribution in [0.3, 0.4) is 0 Å². The minimum atomic E-state index is -0.686. The van der Waals surface area contributed by atoms with Gasteiger partial charge < -0.3 is 14.8 Å². The average Bonchev–Trinajstić information content (AvgIpc) is 2.72. The van der Waals surface area contributed by atoms with Gasteiger partial charge in [0.25, 0.3) is 11.6 Å². The van der Waals surface area contributed by atoms with Gasteiger partial charge in [0, 0.05) is 17.8 Å². The summed E-state index contributed by atoms with van der Waals surface area (Å²) in [5.74, 6) is -0.721. The number of hydrogen-bond acceptors (Lipinski definition) is 6. The minimum Gasteiger partial charge on any atom is -0.482 e. The van der Waals surface area contributed by atoms with Crippen LogP contribution in [0.4, 0.5) is 11.4 Å². The number of rotatable bonds is 7. The van der Waals surface area contributed by atoms with Gasteiger partial charge in [-0.2, -0.15) is 0 Å². The van der Waals surface area contributed by atoms with E-state index in [1.165, 1.54) is 18.2 Å². The van der Waals surface area contributed by atoms with Crippen LogP contribution in [0.2, 0.25) is 0 Å². The number of anilines is 1. The second-order valence-electron chi connectivity index (χ2n) is 6.26. The quantitative estimate of drug-likeness (QED) is 0.373. The Morgan fingerprint density at radius 2 is 1.76 bits per heavy atom. The molecule has 3 rings (SSSR count). The first kappa shape index (κ1) is 19.8. The first-order valence-electron chi connectivity index (χ1n) is 8.74. The number of non-ortho nitro benzene ring substituents is 1. The smallest absolute Gasteiger partial charge is 0.344 e. The highest BCUT2D eigenvalue weighted by Gasteiger charge is 2.12. The number of nitro benzene ring substituents is 1. The van der Waals surface area contributed by atoms with Gasteiger partial charge in [0.1, 0.15) is 5.75 Å². The Morgan fingerprint density at radius 3 is 2.48 bits per heavy atom. The summed E-state index contributed by atoms with van der Waals surface area (Å²) >= 11 is 0. The van der Waals surface area contributed by atoms with Gasteiger partial charge in [0.05, 0.1) is 4.92 Å². The fraction of sp³-hybridized carbons (Fsp3) is 0.143. The molecule has 0 saturated carbocycles. The monoisotopic (exact) mass is 394 g/mol. The summed E-state index contributed by atoms with van der Waals surface area (Å²) in [5.41, 5.74) is 0.861. The van der Waals surface area contributed by atoms with Gasteiger partial charge in [0.15, 0.2) is 13.2 Å². The SMILES string of the molecule is Cc1cc([N+](=O)[O-])ccc1NC(=O)COC(=O)COc1ccc2ccccc2c1. The number of ether oxygens (including phenoxy) is 2. The summed E-state index contributed by atoms with van der Waals surface area (Å²) in [7, 11) is 0. The molecule has 0 radical (unpaired) electrons.